The number of primary amides is 1. The Hall–Kier alpha value is -1.82. The van der Waals surface area contributed by atoms with Crippen LogP contribution < -0.4 is 5.73 Å². The lowest BCUT2D eigenvalue weighted by atomic mass is 9.66. The highest BCUT2D eigenvalue weighted by Gasteiger charge is 2.34. The van der Waals surface area contributed by atoms with Crippen LogP contribution in [0.4, 0.5) is 4.79 Å². The average Bonchev–Trinajstić information content (AvgIpc) is 2.52. The molecule has 0 aromatic rings. The number of carbonyl (C=O) groups excluding carboxylic acids is 1. The predicted octanol–water partition coefficient (Wildman–Crippen LogP) is 3.25. The summed E-state index contributed by atoms with van der Waals surface area (Å²) in [5.74, 6) is 2.34. The van der Waals surface area contributed by atoms with Crippen molar-refractivity contribution < 1.29 is 24.5 Å². The number of aliphatic hydroxyl groups is 1. The number of esters is 1. The third kappa shape index (κ3) is 5.87. The maximum atomic E-state index is 11.5. The van der Waals surface area contributed by atoms with Gasteiger partial charge in [-0.25, -0.2) is 4.79 Å². The van der Waals surface area contributed by atoms with Crippen LogP contribution >= 0.6 is 0 Å². The van der Waals surface area contributed by atoms with Crippen LogP contribution in [0.15, 0.2) is 23.8 Å². The number of allylic oxidation sites excluding steroid dienone is 4. The summed E-state index contributed by atoms with van der Waals surface area (Å²) < 4.78 is 5.40. The SMILES string of the molecule is C[C@H]1C=C2C=C[C@H](C)[C@H](CC[C@@H]3CC(O)CC(=O)O3)[C@H]2CC1.NC(=O)O. The van der Waals surface area contributed by atoms with Gasteiger partial charge >= 0.3 is 12.1 Å². The van der Waals surface area contributed by atoms with Crippen LogP contribution in [0.3, 0.4) is 0 Å². The van der Waals surface area contributed by atoms with Gasteiger partial charge in [-0.3, -0.25) is 4.79 Å². The highest BCUT2D eigenvalue weighted by atomic mass is 16.5. The Labute approximate surface area is 155 Å². The molecule has 0 saturated carbocycles. The molecule has 0 bridgehead atoms. The largest absolute Gasteiger partial charge is 0.465 e. The molecular weight excluding hydrogens is 334 g/mol. The van der Waals surface area contributed by atoms with Crippen molar-refractivity contribution in [2.24, 2.45) is 29.4 Å². The first-order valence-corrected chi connectivity index (χ1v) is 9.52. The smallest absolute Gasteiger partial charge is 0.402 e. The summed E-state index contributed by atoms with van der Waals surface area (Å²) in [4.78, 5) is 20.2. The lowest BCUT2D eigenvalue weighted by molar-refractivity contribution is -0.160. The van der Waals surface area contributed by atoms with Crippen molar-refractivity contribution in [3.05, 3.63) is 23.8 Å². The summed E-state index contributed by atoms with van der Waals surface area (Å²) in [5, 5.41) is 16.9. The van der Waals surface area contributed by atoms with Crippen molar-refractivity contribution in [3.63, 3.8) is 0 Å². The van der Waals surface area contributed by atoms with Crippen LogP contribution in [0.1, 0.15) is 52.4 Å². The number of nitrogens with two attached hydrogens (primary N) is 1. The van der Waals surface area contributed by atoms with Crippen LogP contribution in [-0.4, -0.2) is 34.5 Å². The van der Waals surface area contributed by atoms with E-state index in [-0.39, 0.29) is 18.5 Å². The summed E-state index contributed by atoms with van der Waals surface area (Å²) in [7, 11) is 0. The lowest BCUT2D eigenvalue weighted by Gasteiger charge is -2.39. The number of aliphatic hydroxyl groups excluding tert-OH is 1. The van der Waals surface area contributed by atoms with Gasteiger partial charge in [-0.05, 0) is 54.9 Å². The average molecular weight is 365 g/mol. The second-order valence-electron chi connectivity index (χ2n) is 7.83. The van der Waals surface area contributed by atoms with E-state index in [1.807, 2.05) is 0 Å². The van der Waals surface area contributed by atoms with Gasteiger partial charge in [0, 0.05) is 6.42 Å². The number of hydrogen-bond acceptors (Lipinski definition) is 4. The van der Waals surface area contributed by atoms with Crippen molar-refractivity contribution in [2.45, 2.75) is 64.6 Å². The quantitative estimate of drug-likeness (QED) is 0.665. The maximum absolute atomic E-state index is 11.5. The molecule has 1 unspecified atom stereocenters. The van der Waals surface area contributed by atoms with Gasteiger partial charge in [0.05, 0.1) is 12.5 Å². The van der Waals surface area contributed by atoms with Crippen LogP contribution in [0.25, 0.3) is 0 Å². The minimum absolute atomic E-state index is 0.0932. The van der Waals surface area contributed by atoms with Crippen LogP contribution in [0, 0.1) is 23.7 Å². The normalized spacial score (nSPS) is 36.1. The second-order valence-corrected chi connectivity index (χ2v) is 7.83. The summed E-state index contributed by atoms with van der Waals surface area (Å²) in [6.45, 7) is 4.60. The number of cyclic esters (lactones) is 1. The van der Waals surface area contributed by atoms with E-state index in [1.54, 1.807) is 0 Å². The van der Waals surface area contributed by atoms with Gasteiger partial charge in [0.1, 0.15) is 6.10 Å². The first kappa shape index (κ1) is 20.5. The van der Waals surface area contributed by atoms with E-state index in [0.29, 0.717) is 30.1 Å². The molecular formula is C20H31NO5. The standard InChI is InChI=1S/C19H28O3.CH3NO2/c1-12-3-7-18-14(9-12)5-4-13(2)17(18)8-6-16-10-15(20)11-19(21)22-16;2-1(3)4/h4-5,9,12-13,15-18,20H,3,6-8,10-11H2,1-2H3;2H2,(H,3,4)/t12-,13+,15?,16-,17+,18+;/m1./s1. The lowest BCUT2D eigenvalue weighted by Crippen LogP contribution is -2.34. The Bertz CT molecular complexity index is 567. The molecule has 2 aliphatic carbocycles. The molecule has 146 valence electrons. The molecule has 1 saturated heterocycles. The van der Waals surface area contributed by atoms with Crippen molar-refractivity contribution in [3.8, 4) is 0 Å². The Morgan fingerprint density at radius 3 is 2.65 bits per heavy atom. The number of fused-ring (bicyclic) bond motifs is 1. The number of amides is 1. The molecule has 4 N–H and O–H groups in total. The van der Waals surface area contributed by atoms with E-state index in [1.165, 1.54) is 18.4 Å². The van der Waals surface area contributed by atoms with Crippen LogP contribution in [0.2, 0.25) is 0 Å². The molecule has 0 aromatic carbocycles. The fourth-order valence-corrected chi connectivity index (χ4v) is 4.44. The van der Waals surface area contributed by atoms with Gasteiger partial charge in [0.15, 0.2) is 0 Å². The predicted molar refractivity (Wildman–Crippen MR) is 98.3 cm³/mol. The highest BCUT2D eigenvalue weighted by molar-refractivity contribution is 5.70. The van der Waals surface area contributed by atoms with Crippen molar-refractivity contribution >= 4 is 12.1 Å². The highest BCUT2D eigenvalue weighted by Crippen LogP contribution is 2.43. The molecule has 6 heteroatoms. The number of carboxylic acid groups (broad SMARTS) is 1. The fourth-order valence-electron chi connectivity index (χ4n) is 4.44. The fraction of sp³-hybridized carbons (Fsp3) is 0.700. The zero-order valence-electron chi connectivity index (χ0n) is 15.6. The molecule has 3 rings (SSSR count). The van der Waals surface area contributed by atoms with Crippen molar-refractivity contribution in [1.82, 2.24) is 0 Å². The molecule has 6 nitrogen and oxygen atoms in total. The minimum atomic E-state index is -1.33. The van der Waals surface area contributed by atoms with Gasteiger partial charge < -0.3 is 20.7 Å². The van der Waals surface area contributed by atoms with Crippen molar-refractivity contribution in [2.75, 3.05) is 0 Å². The molecule has 26 heavy (non-hydrogen) atoms. The molecule has 0 aromatic heterocycles. The Balaban J connectivity index is 0.000000552. The van der Waals surface area contributed by atoms with E-state index in [2.05, 4.69) is 37.8 Å². The molecule has 1 fully saturated rings. The molecule has 0 radical (unpaired) electrons. The van der Waals surface area contributed by atoms with Crippen LogP contribution in [0.5, 0.6) is 0 Å². The Morgan fingerprint density at radius 2 is 2.00 bits per heavy atom. The first-order valence-electron chi connectivity index (χ1n) is 9.52. The molecule has 0 spiro atoms. The maximum Gasteiger partial charge on any atom is 0.402 e. The van der Waals surface area contributed by atoms with Crippen molar-refractivity contribution in [1.29, 1.82) is 0 Å². The van der Waals surface area contributed by atoms with Gasteiger partial charge in [0.2, 0.25) is 0 Å². The van der Waals surface area contributed by atoms with Crippen LogP contribution in [-0.2, 0) is 9.53 Å². The van der Waals surface area contributed by atoms with Gasteiger partial charge in [-0.1, -0.05) is 32.1 Å². The summed E-state index contributed by atoms with van der Waals surface area (Å²) in [6.07, 6.45) is 10.4. The zero-order valence-corrected chi connectivity index (χ0v) is 15.6. The molecule has 1 amide bonds. The van der Waals surface area contributed by atoms with Gasteiger partial charge in [-0.15, -0.1) is 0 Å². The zero-order chi connectivity index (χ0) is 19.3. The minimum Gasteiger partial charge on any atom is -0.465 e. The van der Waals surface area contributed by atoms with E-state index < -0.39 is 12.2 Å². The van der Waals surface area contributed by atoms with E-state index in [4.69, 9.17) is 14.6 Å². The summed E-state index contributed by atoms with van der Waals surface area (Å²) in [5.41, 5.74) is 5.54. The molecule has 1 heterocycles. The monoisotopic (exact) mass is 365 g/mol. The van der Waals surface area contributed by atoms with E-state index in [0.717, 1.165) is 12.8 Å². The summed E-state index contributed by atoms with van der Waals surface area (Å²) in [6, 6.07) is 0. The second kappa shape index (κ2) is 9.21. The van der Waals surface area contributed by atoms with Gasteiger partial charge in [0.25, 0.3) is 0 Å². The third-order valence-electron chi connectivity index (χ3n) is 5.68. The molecule has 3 aliphatic rings. The first-order chi connectivity index (χ1) is 12.3. The molecule has 6 atom stereocenters. The Kier molecular flexibility index (Phi) is 7.26. The molecule has 1 aliphatic heterocycles. The van der Waals surface area contributed by atoms with Gasteiger partial charge in [-0.2, -0.15) is 0 Å². The van der Waals surface area contributed by atoms with E-state index in [9.17, 15) is 9.90 Å². The number of rotatable bonds is 3. The Morgan fingerprint density at radius 1 is 1.31 bits per heavy atom. The number of carbonyl (C=O) groups is 2. The third-order valence-corrected chi connectivity index (χ3v) is 5.68. The number of ether oxygens (including phenoxy) is 1. The van der Waals surface area contributed by atoms with E-state index >= 15 is 0 Å². The number of hydrogen-bond donors (Lipinski definition) is 3. The summed E-state index contributed by atoms with van der Waals surface area (Å²) >= 11 is 0. The topological polar surface area (TPSA) is 110 Å².